The van der Waals surface area contributed by atoms with Crippen LogP contribution in [-0.4, -0.2) is 24.8 Å². The predicted octanol–water partition coefficient (Wildman–Crippen LogP) is 2.70. The minimum Gasteiger partial charge on any atom is -0.494 e. The second kappa shape index (κ2) is 9.07. The first-order valence-corrected chi connectivity index (χ1v) is 7.72. The van der Waals surface area contributed by atoms with Gasteiger partial charge in [0, 0.05) is 0 Å². The summed E-state index contributed by atoms with van der Waals surface area (Å²) in [6.07, 6.45) is 2.34. The summed E-state index contributed by atoms with van der Waals surface area (Å²) in [6.45, 7) is 2.66. The summed E-state index contributed by atoms with van der Waals surface area (Å²) < 4.78 is 10.8. The van der Waals surface area contributed by atoms with Gasteiger partial charge in [-0.15, -0.1) is 0 Å². The zero-order valence-electron chi connectivity index (χ0n) is 13.8. The first-order valence-electron chi connectivity index (χ1n) is 7.72. The van der Waals surface area contributed by atoms with E-state index in [9.17, 15) is 9.59 Å². The Morgan fingerprint density at radius 2 is 1.72 bits per heavy atom. The van der Waals surface area contributed by atoms with Crippen molar-refractivity contribution >= 4 is 18.2 Å². The van der Waals surface area contributed by atoms with Crippen molar-refractivity contribution in [2.45, 2.75) is 13.3 Å². The molecule has 0 unspecified atom stereocenters. The Hall–Kier alpha value is -3.35. The molecule has 0 aliphatic carbocycles. The van der Waals surface area contributed by atoms with E-state index in [0.29, 0.717) is 29.2 Å². The highest BCUT2D eigenvalue weighted by Gasteiger charge is 2.08. The van der Waals surface area contributed by atoms with Gasteiger partial charge in [-0.25, -0.2) is 15.0 Å². The Kier molecular flexibility index (Phi) is 6.53. The number of rotatable bonds is 7. The molecular weight excluding hydrogens is 322 g/mol. The molecule has 0 aliphatic rings. The fourth-order valence-corrected chi connectivity index (χ4v) is 1.87. The van der Waals surface area contributed by atoms with E-state index >= 15 is 0 Å². The molecule has 0 bridgehead atoms. The highest BCUT2D eigenvalue weighted by molar-refractivity contribution is 5.91. The molecule has 0 spiro atoms. The van der Waals surface area contributed by atoms with Crippen molar-refractivity contribution in [3.63, 3.8) is 0 Å². The van der Waals surface area contributed by atoms with Crippen molar-refractivity contribution in [1.82, 2.24) is 5.43 Å². The standard InChI is InChI=1S/C18H19N3O4/c1-2-11-24-15-9-5-14(6-10-15)17(22)25-16-7-3-13(4-8-16)12-20-21-18(19)23/h3-10,12H,2,11H2,1H3,(H3,19,21,23)/b20-12-. The number of ether oxygens (including phenoxy) is 2. The molecular formula is C18H19N3O4. The number of benzene rings is 2. The van der Waals surface area contributed by atoms with Gasteiger partial charge < -0.3 is 15.2 Å². The van der Waals surface area contributed by atoms with E-state index in [2.05, 4.69) is 10.5 Å². The van der Waals surface area contributed by atoms with Crippen LogP contribution in [-0.2, 0) is 0 Å². The largest absolute Gasteiger partial charge is 0.494 e. The van der Waals surface area contributed by atoms with Gasteiger partial charge in [-0.05, 0) is 60.5 Å². The fraction of sp³-hybridized carbons (Fsp3) is 0.167. The van der Waals surface area contributed by atoms with E-state index in [4.69, 9.17) is 15.2 Å². The predicted molar refractivity (Wildman–Crippen MR) is 93.9 cm³/mol. The zero-order valence-corrected chi connectivity index (χ0v) is 13.8. The molecule has 0 fully saturated rings. The number of primary amides is 1. The number of hydrazone groups is 1. The molecule has 0 radical (unpaired) electrons. The van der Waals surface area contributed by atoms with Crippen LogP contribution in [0.3, 0.4) is 0 Å². The van der Waals surface area contributed by atoms with Crippen LogP contribution in [0.15, 0.2) is 53.6 Å². The average Bonchev–Trinajstić information content (AvgIpc) is 2.61. The van der Waals surface area contributed by atoms with Crippen LogP contribution in [0.4, 0.5) is 4.79 Å². The Labute approximate surface area is 145 Å². The van der Waals surface area contributed by atoms with E-state index in [1.807, 2.05) is 6.92 Å². The van der Waals surface area contributed by atoms with Crippen LogP contribution in [0.5, 0.6) is 11.5 Å². The average molecular weight is 341 g/mol. The van der Waals surface area contributed by atoms with E-state index in [1.165, 1.54) is 6.21 Å². The molecule has 0 aliphatic heterocycles. The molecule has 0 atom stereocenters. The Morgan fingerprint density at radius 3 is 2.32 bits per heavy atom. The fourth-order valence-electron chi connectivity index (χ4n) is 1.87. The quantitative estimate of drug-likeness (QED) is 0.350. The number of esters is 1. The van der Waals surface area contributed by atoms with Crippen molar-refractivity contribution in [1.29, 1.82) is 0 Å². The molecule has 2 aromatic carbocycles. The van der Waals surface area contributed by atoms with E-state index in [0.717, 1.165) is 6.42 Å². The number of hydrogen-bond donors (Lipinski definition) is 2. The molecule has 0 saturated carbocycles. The first kappa shape index (κ1) is 18.0. The summed E-state index contributed by atoms with van der Waals surface area (Å²) in [7, 11) is 0. The number of amides is 2. The minimum atomic E-state index is -0.743. The summed E-state index contributed by atoms with van der Waals surface area (Å²) in [5.41, 5.74) is 8.13. The molecule has 7 heteroatoms. The molecule has 2 rings (SSSR count). The van der Waals surface area contributed by atoms with Crippen molar-refractivity contribution in [3.05, 3.63) is 59.7 Å². The minimum absolute atomic E-state index is 0.399. The number of hydrogen-bond acceptors (Lipinski definition) is 5. The lowest BCUT2D eigenvalue weighted by molar-refractivity contribution is 0.0734. The molecule has 7 nitrogen and oxygen atoms in total. The molecule has 2 aromatic rings. The molecule has 2 amide bonds. The summed E-state index contributed by atoms with van der Waals surface area (Å²) >= 11 is 0. The molecule has 0 aromatic heterocycles. The van der Waals surface area contributed by atoms with Crippen LogP contribution >= 0.6 is 0 Å². The summed E-state index contributed by atoms with van der Waals surface area (Å²) in [5, 5.41) is 3.64. The van der Waals surface area contributed by atoms with Crippen molar-refractivity contribution < 1.29 is 19.1 Å². The van der Waals surface area contributed by atoms with Gasteiger partial charge in [0.15, 0.2) is 0 Å². The molecule has 130 valence electrons. The Morgan fingerprint density at radius 1 is 1.08 bits per heavy atom. The summed E-state index contributed by atoms with van der Waals surface area (Å²) in [5.74, 6) is 0.654. The second-order valence-corrected chi connectivity index (χ2v) is 5.07. The van der Waals surface area contributed by atoms with Crippen molar-refractivity contribution in [3.8, 4) is 11.5 Å². The SMILES string of the molecule is CCCOc1ccc(C(=O)Oc2ccc(/C=N\NC(N)=O)cc2)cc1. The molecule has 25 heavy (non-hydrogen) atoms. The van der Waals surface area contributed by atoms with Gasteiger partial charge in [0.05, 0.1) is 18.4 Å². The molecule has 3 N–H and O–H groups in total. The molecule has 0 saturated heterocycles. The third-order valence-corrected chi connectivity index (χ3v) is 3.04. The van der Waals surface area contributed by atoms with E-state index in [1.54, 1.807) is 48.5 Å². The van der Waals surface area contributed by atoms with Gasteiger partial charge in [-0.3, -0.25) is 0 Å². The Bertz CT molecular complexity index is 740. The lowest BCUT2D eigenvalue weighted by Gasteiger charge is -2.07. The second-order valence-electron chi connectivity index (χ2n) is 5.07. The van der Waals surface area contributed by atoms with Crippen LogP contribution in [0.25, 0.3) is 0 Å². The smallest absolute Gasteiger partial charge is 0.343 e. The lowest BCUT2D eigenvalue weighted by Crippen LogP contribution is -2.24. The third-order valence-electron chi connectivity index (χ3n) is 3.04. The highest BCUT2D eigenvalue weighted by Crippen LogP contribution is 2.16. The van der Waals surface area contributed by atoms with Crippen LogP contribution in [0, 0.1) is 0 Å². The number of urea groups is 1. The monoisotopic (exact) mass is 341 g/mol. The van der Waals surface area contributed by atoms with Gasteiger partial charge >= 0.3 is 12.0 Å². The first-order chi connectivity index (χ1) is 12.1. The van der Waals surface area contributed by atoms with Crippen molar-refractivity contribution in [2.75, 3.05) is 6.61 Å². The Balaban J connectivity index is 1.93. The maximum atomic E-state index is 12.1. The van der Waals surface area contributed by atoms with Gasteiger partial charge in [0.25, 0.3) is 0 Å². The van der Waals surface area contributed by atoms with Gasteiger partial charge in [-0.1, -0.05) is 6.92 Å². The summed E-state index contributed by atoms with van der Waals surface area (Å²) in [4.78, 5) is 22.6. The molecule has 0 heterocycles. The van der Waals surface area contributed by atoms with Crippen molar-refractivity contribution in [2.24, 2.45) is 10.8 Å². The summed E-state index contributed by atoms with van der Waals surface area (Å²) in [6, 6.07) is 12.7. The lowest BCUT2D eigenvalue weighted by atomic mass is 10.2. The number of carbonyl (C=O) groups excluding carboxylic acids is 2. The zero-order chi connectivity index (χ0) is 18.1. The number of nitrogens with zero attached hydrogens (tertiary/aromatic N) is 1. The maximum Gasteiger partial charge on any atom is 0.343 e. The third kappa shape index (κ3) is 5.98. The normalized spacial score (nSPS) is 10.4. The topological polar surface area (TPSA) is 103 Å². The van der Waals surface area contributed by atoms with Crippen LogP contribution < -0.4 is 20.6 Å². The number of nitrogens with one attached hydrogen (secondary N) is 1. The van der Waals surface area contributed by atoms with E-state index in [-0.39, 0.29) is 0 Å². The van der Waals surface area contributed by atoms with Crippen LogP contribution in [0.2, 0.25) is 0 Å². The van der Waals surface area contributed by atoms with Crippen LogP contribution in [0.1, 0.15) is 29.3 Å². The van der Waals surface area contributed by atoms with E-state index < -0.39 is 12.0 Å². The van der Waals surface area contributed by atoms with Gasteiger partial charge in [-0.2, -0.15) is 5.10 Å². The number of nitrogens with two attached hydrogens (primary N) is 1. The van der Waals surface area contributed by atoms with Gasteiger partial charge in [0.1, 0.15) is 11.5 Å². The van der Waals surface area contributed by atoms with Gasteiger partial charge in [0.2, 0.25) is 0 Å². The highest BCUT2D eigenvalue weighted by atomic mass is 16.5. The maximum absolute atomic E-state index is 12.1. The number of carbonyl (C=O) groups is 2.